The first-order valence-electron chi connectivity index (χ1n) is 10.4. The van der Waals surface area contributed by atoms with Gasteiger partial charge in [-0.2, -0.15) is 0 Å². The molecule has 8 heteroatoms. The summed E-state index contributed by atoms with van der Waals surface area (Å²) < 4.78 is 25.3. The van der Waals surface area contributed by atoms with Gasteiger partial charge < -0.3 is 14.8 Å². The predicted octanol–water partition coefficient (Wildman–Crippen LogP) is 7.48. The summed E-state index contributed by atoms with van der Waals surface area (Å²) in [5.74, 6) is 1.72. The van der Waals surface area contributed by atoms with Crippen LogP contribution in [-0.4, -0.2) is 17.1 Å². The maximum atomic E-state index is 13.4. The predicted molar refractivity (Wildman–Crippen MR) is 135 cm³/mol. The zero-order valence-electron chi connectivity index (χ0n) is 18.1. The van der Waals surface area contributed by atoms with Crippen molar-refractivity contribution in [3.05, 3.63) is 94.8 Å². The van der Waals surface area contributed by atoms with Gasteiger partial charge in [-0.3, -0.25) is 0 Å². The minimum Gasteiger partial charge on any atom is -0.497 e. The lowest BCUT2D eigenvalue weighted by molar-refractivity contribution is 0.306. The molecule has 0 aliphatic heterocycles. The molecule has 5 nitrogen and oxygen atoms in total. The fourth-order valence-electron chi connectivity index (χ4n) is 3.54. The van der Waals surface area contributed by atoms with E-state index in [1.54, 1.807) is 49.0 Å². The molecule has 2 heterocycles. The SMILES string of the molecule is COc1ccc(-c2csc3c(Nc4ccc(OCc5cccc(F)c5)c(Cl)c4)ncnc23)cc1. The molecule has 0 unspecified atom stereocenters. The smallest absolute Gasteiger partial charge is 0.151 e. The number of ether oxygens (including phenoxy) is 2. The third kappa shape index (κ3) is 4.66. The lowest BCUT2D eigenvalue weighted by Gasteiger charge is -2.11. The quantitative estimate of drug-likeness (QED) is 0.256. The summed E-state index contributed by atoms with van der Waals surface area (Å²) in [4.78, 5) is 8.94. The fraction of sp³-hybridized carbons (Fsp3) is 0.0769. The number of nitrogens with one attached hydrogen (secondary N) is 1. The van der Waals surface area contributed by atoms with E-state index in [1.165, 1.54) is 12.1 Å². The lowest BCUT2D eigenvalue weighted by atomic mass is 10.1. The van der Waals surface area contributed by atoms with Crippen LogP contribution in [0.4, 0.5) is 15.9 Å². The Morgan fingerprint density at radius 2 is 1.88 bits per heavy atom. The molecule has 2 aromatic heterocycles. The van der Waals surface area contributed by atoms with Crippen LogP contribution >= 0.6 is 22.9 Å². The third-order valence-corrected chi connectivity index (χ3v) is 6.50. The standard InChI is InChI=1S/C26H19ClFN3O2S/c1-32-20-8-5-17(6-9-20)21-14-34-25-24(21)29-15-30-26(25)31-19-7-10-23(22(27)12-19)33-13-16-3-2-4-18(28)11-16/h2-12,14-15H,13H2,1H3,(H,29,30,31). The first-order chi connectivity index (χ1) is 16.6. The second kappa shape index (κ2) is 9.67. The topological polar surface area (TPSA) is 56.3 Å². The van der Waals surface area contributed by atoms with Gasteiger partial charge >= 0.3 is 0 Å². The highest BCUT2D eigenvalue weighted by Crippen LogP contribution is 2.37. The van der Waals surface area contributed by atoms with E-state index in [2.05, 4.69) is 20.7 Å². The second-order valence-corrected chi connectivity index (χ2v) is 8.75. The third-order valence-electron chi connectivity index (χ3n) is 5.23. The van der Waals surface area contributed by atoms with E-state index in [4.69, 9.17) is 21.1 Å². The number of rotatable bonds is 7. The molecule has 5 rings (SSSR count). The number of benzene rings is 3. The highest BCUT2D eigenvalue weighted by Gasteiger charge is 2.13. The molecule has 0 amide bonds. The molecule has 34 heavy (non-hydrogen) atoms. The van der Waals surface area contributed by atoms with Crippen LogP contribution in [0.1, 0.15) is 5.56 Å². The Labute approximate surface area is 204 Å². The van der Waals surface area contributed by atoms with Gasteiger partial charge in [0.25, 0.3) is 0 Å². The molecule has 3 aromatic carbocycles. The van der Waals surface area contributed by atoms with Crippen LogP contribution in [-0.2, 0) is 6.61 Å². The first-order valence-corrected chi connectivity index (χ1v) is 11.7. The van der Waals surface area contributed by atoms with Crippen molar-refractivity contribution in [2.45, 2.75) is 6.61 Å². The highest BCUT2D eigenvalue weighted by molar-refractivity contribution is 7.18. The van der Waals surface area contributed by atoms with Crippen molar-refractivity contribution >= 4 is 44.7 Å². The monoisotopic (exact) mass is 491 g/mol. The molecule has 0 saturated carbocycles. The maximum absolute atomic E-state index is 13.4. The van der Waals surface area contributed by atoms with E-state index < -0.39 is 0 Å². The number of halogens is 2. The number of fused-ring (bicyclic) bond motifs is 1. The summed E-state index contributed by atoms with van der Waals surface area (Å²) >= 11 is 8.01. The lowest BCUT2D eigenvalue weighted by Crippen LogP contribution is -1.98. The summed E-state index contributed by atoms with van der Waals surface area (Å²) in [5, 5.41) is 5.84. The van der Waals surface area contributed by atoms with Gasteiger partial charge in [-0.1, -0.05) is 35.9 Å². The van der Waals surface area contributed by atoms with Crippen molar-refractivity contribution in [1.82, 2.24) is 9.97 Å². The van der Waals surface area contributed by atoms with Gasteiger partial charge in [-0.25, -0.2) is 14.4 Å². The largest absolute Gasteiger partial charge is 0.497 e. The minimum atomic E-state index is -0.299. The molecule has 0 atom stereocenters. The van der Waals surface area contributed by atoms with Crippen molar-refractivity contribution in [2.24, 2.45) is 0 Å². The average Bonchev–Trinajstić information content (AvgIpc) is 3.29. The molecular weight excluding hydrogens is 473 g/mol. The van der Waals surface area contributed by atoms with E-state index in [9.17, 15) is 4.39 Å². The van der Waals surface area contributed by atoms with Crippen LogP contribution in [0.2, 0.25) is 5.02 Å². The van der Waals surface area contributed by atoms with Crippen LogP contribution < -0.4 is 14.8 Å². The number of hydrogen-bond donors (Lipinski definition) is 1. The van der Waals surface area contributed by atoms with E-state index in [-0.39, 0.29) is 12.4 Å². The van der Waals surface area contributed by atoms with E-state index in [1.807, 2.05) is 30.3 Å². The number of thiophene rings is 1. The molecule has 0 bridgehead atoms. The molecule has 0 spiro atoms. The van der Waals surface area contributed by atoms with E-state index in [0.29, 0.717) is 16.6 Å². The molecule has 0 aliphatic rings. The van der Waals surface area contributed by atoms with Crippen LogP contribution in [0, 0.1) is 5.82 Å². The van der Waals surface area contributed by atoms with Gasteiger partial charge in [-0.15, -0.1) is 11.3 Å². The van der Waals surface area contributed by atoms with Gasteiger partial charge in [0, 0.05) is 16.6 Å². The van der Waals surface area contributed by atoms with Crippen molar-refractivity contribution in [3.63, 3.8) is 0 Å². The van der Waals surface area contributed by atoms with Crippen LogP contribution in [0.5, 0.6) is 11.5 Å². The van der Waals surface area contributed by atoms with Crippen molar-refractivity contribution in [3.8, 4) is 22.6 Å². The van der Waals surface area contributed by atoms with E-state index >= 15 is 0 Å². The maximum Gasteiger partial charge on any atom is 0.151 e. The number of hydrogen-bond acceptors (Lipinski definition) is 6. The first kappa shape index (κ1) is 22.1. The number of anilines is 2. The number of methoxy groups -OCH3 is 1. The molecule has 0 fully saturated rings. The second-order valence-electron chi connectivity index (χ2n) is 7.47. The fourth-order valence-corrected chi connectivity index (χ4v) is 4.74. The molecule has 5 aromatic rings. The Balaban J connectivity index is 1.35. The molecule has 0 radical (unpaired) electrons. The van der Waals surface area contributed by atoms with Crippen LogP contribution in [0.25, 0.3) is 21.3 Å². The van der Waals surface area contributed by atoms with Gasteiger partial charge in [0.1, 0.15) is 30.3 Å². The molecular formula is C26H19ClFN3O2S. The minimum absolute atomic E-state index is 0.222. The van der Waals surface area contributed by atoms with Crippen LogP contribution in [0.15, 0.2) is 78.4 Å². The molecule has 1 N–H and O–H groups in total. The Hall–Kier alpha value is -3.68. The summed E-state index contributed by atoms with van der Waals surface area (Å²) in [6.07, 6.45) is 1.54. The molecule has 0 aliphatic carbocycles. The number of nitrogens with zero attached hydrogens (tertiary/aromatic N) is 2. The van der Waals surface area contributed by atoms with Crippen molar-refractivity contribution in [2.75, 3.05) is 12.4 Å². The normalized spacial score (nSPS) is 10.9. The Bertz CT molecular complexity index is 1460. The zero-order chi connectivity index (χ0) is 23.5. The van der Waals surface area contributed by atoms with Gasteiger partial charge in [0.2, 0.25) is 0 Å². The van der Waals surface area contributed by atoms with Crippen molar-refractivity contribution in [1.29, 1.82) is 0 Å². The summed E-state index contributed by atoms with van der Waals surface area (Å²) in [6, 6.07) is 19.6. The average molecular weight is 492 g/mol. The van der Waals surface area contributed by atoms with Crippen molar-refractivity contribution < 1.29 is 13.9 Å². The Kier molecular flexibility index (Phi) is 6.29. The van der Waals surface area contributed by atoms with Gasteiger partial charge in [0.15, 0.2) is 5.82 Å². The number of aromatic nitrogens is 2. The summed E-state index contributed by atoms with van der Waals surface area (Å²) in [7, 11) is 1.65. The van der Waals surface area contributed by atoms with Gasteiger partial charge in [0.05, 0.1) is 22.3 Å². The summed E-state index contributed by atoms with van der Waals surface area (Å²) in [6.45, 7) is 0.222. The molecule has 170 valence electrons. The Morgan fingerprint density at radius 1 is 1.03 bits per heavy atom. The molecule has 0 saturated heterocycles. The highest BCUT2D eigenvalue weighted by atomic mass is 35.5. The van der Waals surface area contributed by atoms with Crippen LogP contribution in [0.3, 0.4) is 0 Å². The van der Waals surface area contributed by atoms with E-state index in [0.717, 1.165) is 38.3 Å². The summed E-state index contributed by atoms with van der Waals surface area (Å²) in [5.41, 5.74) is 4.45. The van der Waals surface area contributed by atoms with Gasteiger partial charge in [-0.05, 0) is 53.6 Å². The zero-order valence-corrected chi connectivity index (χ0v) is 19.7. The Morgan fingerprint density at radius 3 is 2.65 bits per heavy atom.